The van der Waals surface area contributed by atoms with Crippen molar-refractivity contribution in [2.45, 2.75) is 83.0 Å². The largest absolute Gasteiger partial charge is 0.444 e. The lowest BCUT2D eigenvalue weighted by Crippen LogP contribution is -2.45. The lowest BCUT2D eigenvalue weighted by Gasteiger charge is -2.32. The van der Waals surface area contributed by atoms with Crippen molar-refractivity contribution in [3.8, 4) is 11.6 Å². The lowest BCUT2D eigenvalue weighted by molar-refractivity contribution is -0.299. The third-order valence-corrected chi connectivity index (χ3v) is 6.32. The van der Waals surface area contributed by atoms with Crippen molar-refractivity contribution >= 4 is 11.8 Å². The van der Waals surface area contributed by atoms with Crippen molar-refractivity contribution < 1.29 is 45.0 Å². The van der Waals surface area contributed by atoms with Gasteiger partial charge in [-0.1, -0.05) is 42.5 Å². The topological polar surface area (TPSA) is 99.4 Å². The molecule has 0 bridgehead atoms. The second-order valence-electron chi connectivity index (χ2n) is 11.0. The van der Waals surface area contributed by atoms with E-state index in [-0.39, 0.29) is 19.3 Å². The maximum absolute atomic E-state index is 14.8. The number of halogens is 6. The number of carbonyl (C=O) groups excluding carboxylic acids is 1. The predicted molar refractivity (Wildman–Crippen MR) is 154 cm³/mol. The van der Waals surface area contributed by atoms with E-state index in [1.807, 2.05) is 0 Å². The number of allylic oxidation sites excluding steroid dienone is 2. The van der Waals surface area contributed by atoms with Gasteiger partial charge in [-0.05, 0) is 64.5 Å². The second-order valence-corrected chi connectivity index (χ2v) is 11.0. The normalized spacial score (nSPS) is 13.6. The summed E-state index contributed by atoms with van der Waals surface area (Å²) < 4.78 is 103. The molecule has 2 heterocycles. The molecule has 1 N–H and O–H groups in total. The number of anilines is 1. The zero-order chi connectivity index (χ0) is 33.5. The number of aryl methyl sites for hydroxylation is 1. The van der Waals surface area contributed by atoms with Crippen LogP contribution in [0.15, 0.2) is 66.1 Å². The summed E-state index contributed by atoms with van der Waals surface area (Å²) in [5.41, 5.74) is -6.36. The third kappa shape index (κ3) is 9.16. The van der Waals surface area contributed by atoms with Gasteiger partial charge in [0.1, 0.15) is 5.60 Å². The Morgan fingerprint density at radius 1 is 1.00 bits per heavy atom. The van der Waals surface area contributed by atoms with E-state index in [1.165, 1.54) is 32.9 Å². The molecular weight excluding hydrogens is 606 g/mol. The number of aromatic nitrogens is 3. The quantitative estimate of drug-likeness (QED) is 0.113. The minimum Gasteiger partial charge on any atom is -0.444 e. The van der Waals surface area contributed by atoms with Gasteiger partial charge >= 0.3 is 18.4 Å². The Hall–Kier alpha value is -4.20. The van der Waals surface area contributed by atoms with Crippen LogP contribution in [0.25, 0.3) is 11.6 Å². The predicted octanol–water partition coefficient (Wildman–Crippen LogP) is 8.95. The number of carbonyl (C=O) groups is 1. The molecule has 0 saturated heterocycles. The Morgan fingerprint density at radius 2 is 1.67 bits per heavy atom. The van der Waals surface area contributed by atoms with Crippen LogP contribution in [-0.4, -0.2) is 33.1 Å². The summed E-state index contributed by atoms with van der Waals surface area (Å²) in [6.45, 7) is 11.2. The second kappa shape index (κ2) is 14.3. The van der Waals surface area contributed by atoms with E-state index in [9.17, 15) is 31.1 Å². The minimum absolute atomic E-state index is 0.163. The molecule has 2 aromatic heterocycles. The van der Waals surface area contributed by atoms with Gasteiger partial charge in [0.05, 0.1) is 23.6 Å². The highest BCUT2D eigenvalue weighted by Crippen LogP contribution is 2.47. The summed E-state index contributed by atoms with van der Waals surface area (Å²) in [4.78, 5) is 16.7. The van der Waals surface area contributed by atoms with E-state index in [4.69, 9.17) is 13.9 Å². The van der Waals surface area contributed by atoms with Gasteiger partial charge in [0, 0.05) is 0 Å². The highest BCUT2D eigenvalue weighted by molar-refractivity contribution is 5.89. The van der Waals surface area contributed by atoms with Gasteiger partial charge in [-0.2, -0.15) is 26.3 Å². The van der Waals surface area contributed by atoms with E-state index in [0.29, 0.717) is 18.1 Å². The van der Waals surface area contributed by atoms with Crippen LogP contribution in [0.2, 0.25) is 0 Å². The van der Waals surface area contributed by atoms with Gasteiger partial charge in [-0.15, -0.1) is 23.4 Å². The summed E-state index contributed by atoms with van der Waals surface area (Å²) in [5.74, 6) is -1.67. The van der Waals surface area contributed by atoms with Crippen molar-refractivity contribution in [3.63, 3.8) is 0 Å². The maximum Gasteiger partial charge on any atom is 0.426 e. The third-order valence-electron chi connectivity index (χ3n) is 6.32. The van der Waals surface area contributed by atoms with E-state index in [2.05, 4.69) is 33.7 Å². The molecule has 14 heteroatoms. The number of hydrogen-bond donors (Lipinski definition) is 1. The van der Waals surface area contributed by atoms with Gasteiger partial charge < -0.3 is 13.9 Å². The molecule has 1 unspecified atom stereocenters. The number of hydrogen-bond acceptors (Lipinski definition) is 7. The van der Waals surface area contributed by atoms with E-state index in [0.717, 1.165) is 0 Å². The zero-order valence-electron chi connectivity index (χ0n) is 25.0. The monoisotopic (exact) mass is 640 g/mol. The fourth-order valence-corrected chi connectivity index (χ4v) is 4.23. The summed E-state index contributed by atoms with van der Waals surface area (Å²) in [6.07, 6.45) is -8.74. The van der Waals surface area contributed by atoms with Crippen molar-refractivity contribution in [3.05, 3.63) is 84.4 Å². The number of pyridine rings is 1. The lowest BCUT2D eigenvalue weighted by atomic mass is 9.96. The van der Waals surface area contributed by atoms with Crippen LogP contribution >= 0.6 is 0 Å². The van der Waals surface area contributed by atoms with Crippen molar-refractivity contribution in [2.75, 3.05) is 5.32 Å². The summed E-state index contributed by atoms with van der Waals surface area (Å²) in [6, 6.07) is 8.70. The van der Waals surface area contributed by atoms with Crippen LogP contribution in [0.4, 0.5) is 36.8 Å². The summed E-state index contributed by atoms with van der Waals surface area (Å²) in [5, 5.41) is 9.56. The molecule has 244 valence electrons. The maximum atomic E-state index is 14.8. The van der Waals surface area contributed by atoms with Crippen molar-refractivity contribution in [2.24, 2.45) is 0 Å². The Kier molecular flexibility index (Phi) is 11.2. The number of amides is 1. The van der Waals surface area contributed by atoms with E-state index < -0.39 is 77.1 Å². The number of alkyl halides is 6. The molecule has 0 saturated carbocycles. The fraction of sp³-hybridized carbons (Fsp3) is 0.419. The smallest absolute Gasteiger partial charge is 0.426 e. The molecule has 8 nitrogen and oxygen atoms in total. The first-order chi connectivity index (χ1) is 21.0. The standard InChI is InChI=1S/C31H34F6N4O4/c1-6-8-11-16-22-21(30(32,33)34)18-23(39-27(42)45-28(3,4)5)24(38-22)25-40-41-26(44-25)29(17-9-7-2,31(35,36)37)43-19-20-14-12-10-13-15-20/h6-7,10,12-15,18H,1-2,8-9,11,16-17,19H2,3-5H3,(H,39,42). The first-order valence-corrected chi connectivity index (χ1v) is 13.9. The molecule has 3 rings (SSSR count). The van der Waals surface area contributed by atoms with Crippen LogP contribution in [0, 0.1) is 0 Å². The number of rotatable bonds is 13. The van der Waals surface area contributed by atoms with E-state index >= 15 is 0 Å². The molecule has 0 spiro atoms. The Labute approximate surface area is 256 Å². The van der Waals surface area contributed by atoms with Crippen molar-refractivity contribution in [1.29, 1.82) is 0 Å². The number of nitrogens with zero attached hydrogens (tertiary/aromatic N) is 3. The molecule has 1 aromatic carbocycles. The minimum atomic E-state index is -5.07. The Balaban J connectivity index is 2.20. The zero-order valence-corrected chi connectivity index (χ0v) is 25.0. The van der Waals surface area contributed by atoms with Crippen LogP contribution in [0.5, 0.6) is 0 Å². The highest BCUT2D eigenvalue weighted by atomic mass is 19.4. The highest BCUT2D eigenvalue weighted by Gasteiger charge is 2.61. The molecule has 0 aliphatic heterocycles. The Bertz CT molecular complexity index is 1470. The first kappa shape index (κ1) is 35.3. The Morgan fingerprint density at radius 3 is 2.24 bits per heavy atom. The summed E-state index contributed by atoms with van der Waals surface area (Å²) in [7, 11) is 0. The van der Waals surface area contributed by atoms with Crippen molar-refractivity contribution in [1.82, 2.24) is 15.2 Å². The van der Waals surface area contributed by atoms with Crippen LogP contribution < -0.4 is 5.32 Å². The number of nitrogens with one attached hydrogen (secondary N) is 1. The molecule has 0 aliphatic carbocycles. The van der Waals surface area contributed by atoms with E-state index in [1.54, 1.807) is 30.3 Å². The molecule has 0 fully saturated rings. The average molecular weight is 641 g/mol. The van der Waals surface area contributed by atoms with Crippen LogP contribution in [0.3, 0.4) is 0 Å². The number of benzene rings is 1. The van der Waals surface area contributed by atoms with Crippen LogP contribution in [0.1, 0.15) is 69.2 Å². The van der Waals surface area contributed by atoms with Gasteiger partial charge in [0.25, 0.3) is 11.8 Å². The van der Waals surface area contributed by atoms with Crippen LogP contribution in [-0.2, 0) is 34.3 Å². The van der Waals surface area contributed by atoms with Gasteiger partial charge in [-0.3, -0.25) is 5.32 Å². The van der Waals surface area contributed by atoms with Gasteiger partial charge in [-0.25, -0.2) is 9.78 Å². The fourth-order valence-electron chi connectivity index (χ4n) is 4.23. The molecular formula is C31H34F6N4O4. The molecule has 0 aliphatic rings. The molecule has 45 heavy (non-hydrogen) atoms. The molecule has 0 radical (unpaired) electrons. The SMILES string of the molecule is C=CCCCc1nc(-c2nnc(C(CCC=C)(OCc3ccccc3)C(F)(F)F)o2)c(NC(=O)OC(C)(C)C)cc1C(F)(F)F. The summed E-state index contributed by atoms with van der Waals surface area (Å²) >= 11 is 0. The first-order valence-electron chi connectivity index (χ1n) is 13.9. The average Bonchev–Trinajstić information content (AvgIpc) is 3.42. The van der Waals surface area contributed by atoms with Gasteiger partial charge in [0.15, 0.2) is 5.69 Å². The molecule has 3 aromatic rings. The van der Waals surface area contributed by atoms with Gasteiger partial charge in [0.2, 0.25) is 5.60 Å². The number of ether oxygens (including phenoxy) is 2. The molecule has 1 amide bonds. The number of unbranched alkanes of at least 4 members (excludes halogenated alkanes) is 1. The molecule has 1 atom stereocenters.